The minimum atomic E-state index is 0.905. The molecule has 0 saturated carbocycles. The minimum absolute atomic E-state index is 0.905. The molecular formula is C12H8I2O. The second kappa shape index (κ2) is 5.16. The molecule has 2 aromatic rings. The fourth-order valence-electron chi connectivity index (χ4n) is 1.17. The predicted octanol–water partition coefficient (Wildman–Crippen LogP) is 4.69. The van der Waals surface area contributed by atoms with E-state index in [1.807, 2.05) is 48.5 Å². The van der Waals surface area contributed by atoms with Crippen molar-refractivity contribution in [3.8, 4) is 11.5 Å². The first kappa shape index (κ1) is 11.2. The Balaban J connectivity index is 2.30. The SMILES string of the molecule is Ic1ccccc1Oc1ccccc1I. The molecule has 76 valence electrons. The third-order valence-corrected chi connectivity index (χ3v) is 3.68. The van der Waals surface area contributed by atoms with Gasteiger partial charge in [0.25, 0.3) is 0 Å². The van der Waals surface area contributed by atoms with Gasteiger partial charge in [0, 0.05) is 0 Å². The zero-order valence-corrected chi connectivity index (χ0v) is 12.1. The van der Waals surface area contributed by atoms with E-state index in [1.54, 1.807) is 0 Å². The van der Waals surface area contributed by atoms with Gasteiger partial charge in [0.05, 0.1) is 7.14 Å². The number of halogens is 2. The number of para-hydroxylation sites is 2. The summed E-state index contributed by atoms with van der Waals surface area (Å²) in [6.07, 6.45) is 0. The van der Waals surface area contributed by atoms with Crippen LogP contribution >= 0.6 is 45.2 Å². The standard InChI is InChI=1S/C12H8I2O/c13-9-5-1-3-7-11(9)15-12-8-4-2-6-10(12)14/h1-8H. The molecule has 0 heterocycles. The van der Waals surface area contributed by atoms with E-state index in [9.17, 15) is 0 Å². The van der Waals surface area contributed by atoms with Crippen molar-refractivity contribution in [1.29, 1.82) is 0 Å². The van der Waals surface area contributed by atoms with Gasteiger partial charge in [-0.1, -0.05) is 24.3 Å². The van der Waals surface area contributed by atoms with Crippen LogP contribution in [0, 0.1) is 7.14 Å². The topological polar surface area (TPSA) is 9.23 Å². The number of ether oxygens (including phenoxy) is 1. The van der Waals surface area contributed by atoms with Gasteiger partial charge in [-0.05, 0) is 69.4 Å². The number of benzene rings is 2. The Morgan fingerprint density at radius 3 is 1.47 bits per heavy atom. The van der Waals surface area contributed by atoms with Crippen molar-refractivity contribution in [2.75, 3.05) is 0 Å². The predicted molar refractivity (Wildman–Crippen MR) is 78.4 cm³/mol. The van der Waals surface area contributed by atoms with E-state index in [4.69, 9.17) is 4.74 Å². The van der Waals surface area contributed by atoms with Crippen LogP contribution in [0.2, 0.25) is 0 Å². The molecule has 1 nitrogen and oxygen atoms in total. The van der Waals surface area contributed by atoms with Gasteiger partial charge in [0.15, 0.2) is 0 Å². The van der Waals surface area contributed by atoms with E-state index < -0.39 is 0 Å². The Hall–Kier alpha value is -0.300. The van der Waals surface area contributed by atoms with Crippen LogP contribution in [0.1, 0.15) is 0 Å². The molecule has 0 N–H and O–H groups in total. The molecule has 15 heavy (non-hydrogen) atoms. The highest BCUT2D eigenvalue weighted by Crippen LogP contribution is 2.29. The van der Waals surface area contributed by atoms with Gasteiger partial charge in [-0.25, -0.2) is 0 Å². The first-order valence-electron chi connectivity index (χ1n) is 4.44. The van der Waals surface area contributed by atoms with Crippen molar-refractivity contribution in [3.05, 3.63) is 55.7 Å². The maximum absolute atomic E-state index is 5.82. The zero-order chi connectivity index (χ0) is 10.7. The van der Waals surface area contributed by atoms with Crippen LogP contribution in [-0.4, -0.2) is 0 Å². The van der Waals surface area contributed by atoms with Crippen molar-refractivity contribution in [2.24, 2.45) is 0 Å². The molecule has 2 rings (SSSR count). The first-order chi connectivity index (χ1) is 7.27. The average Bonchev–Trinajstić information content (AvgIpc) is 2.24. The third kappa shape index (κ3) is 2.84. The summed E-state index contributed by atoms with van der Waals surface area (Å²) in [5, 5.41) is 0. The molecule has 0 atom stereocenters. The lowest BCUT2D eigenvalue weighted by Crippen LogP contribution is -1.88. The number of hydrogen-bond donors (Lipinski definition) is 0. The van der Waals surface area contributed by atoms with Crippen molar-refractivity contribution < 1.29 is 4.74 Å². The molecule has 0 spiro atoms. The van der Waals surface area contributed by atoms with E-state index in [0.29, 0.717) is 0 Å². The van der Waals surface area contributed by atoms with Crippen LogP contribution in [0.15, 0.2) is 48.5 Å². The van der Waals surface area contributed by atoms with Crippen LogP contribution in [0.4, 0.5) is 0 Å². The van der Waals surface area contributed by atoms with Gasteiger partial charge in [-0.3, -0.25) is 0 Å². The molecule has 0 amide bonds. The van der Waals surface area contributed by atoms with Crippen LogP contribution in [0.3, 0.4) is 0 Å². The molecule has 0 aliphatic rings. The summed E-state index contributed by atoms with van der Waals surface area (Å²) < 4.78 is 8.07. The maximum atomic E-state index is 5.82. The zero-order valence-electron chi connectivity index (χ0n) is 7.78. The summed E-state index contributed by atoms with van der Waals surface area (Å²) in [5.41, 5.74) is 0. The number of hydrogen-bond acceptors (Lipinski definition) is 1. The van der Waals surface area contributed by atoms with Crippen molar-refractivity contribution in [1.82, 2.24) is 0 Å². The quantitative estimate of drug-likeness (QED) is 0.639. The highest BCUT2D eigenvalue weighted by Gasteiger charge is 2.03. The second-order valence-corrected chi connectivity index (χ2v) is 5.29. The Bertz CT molecular complexity index is 425. The molecule has 0 bridgehead atoms. The molecule has 0 saturated heterocycles. The molecule has 0 fully saturated rings. The third-order valence-electron chi connectivity index (χ3n) is 1.89. The molecule has 0 aliphatic carbocycles. The Morgan fingerprint density at radius 1 is 0.667 bits per heavy atom. The van der Waals surface area contributed by atoms with E-state index in [1.165, 1.54) is 0 Å². The normalized spacial score (nSPS) is 10.0. The van der Waals surface area contributed by atoms with Crippen LogP contribution in [0.5, 0.6) is 11.5 Å². The van der Waals surface area contributed by atoms with Crippen LogP contribution in [0.25, 0.3) is 0 Å². The van der Waals surface area contributed by atoms with Gasteiger partial charge in [-0.15, -0.1) is 0 Å². The summed E-state index contributed by atoms with van der Waals surface area (Å²) in [6.45, 7) is 0. The average molecular weight is 422 g/mol. The van der Waals surface area contributed by atoms with Gasteiger partial charge in [0.2, 0.25) is 0 Å². The van der Waals surface area contributed by atoms with Crippen molar-refractivity contribution in [3.63, 3.8) is 0 Å². The lowest BCUT2D eigenvalue weighted by atomic mass is 10.3. The van der Waals surface area contributed by atoms with Crippen LogP contribution in [-0.2, 0) is 0 Å². The van der Waals surface area contributed by atoms with E-state index in [0.717, 1.165) is 18.6 Å². The highest BCUT2D eigenvalue weighted by atomic mass is 127. The Labute approximate surface area is 116 Å². The lowest BCUT2D eigenvalue weighted by Gasteiger charge is -2.08. The maximum Gasteiger partial charge on any atom is 0.140 e. The van der Waals surface area contributed by atoms with Gasteiger partial charge in [-0.2, -0.15) is 0 Å². The molecule has 0 radical (unpaired) electrons. The summed E-state index contributed by atoms with van der Waals surface area (Å²) in [4.78, 5) is 0. The summed E-state index contributed by atoms with van der Waals surface area (Å²) in [7, 11) is 0. The molecular weight excluding hydrogens is 414 g/mol. The minimum Gasteiger partial charge on any atom is -0.455 e. The fraction of sp³-hybridized carbons (Fsp3) is 0. The van der Waals surface area contributed by atoms with E-state index >= 15 is 0 Å². The number of rotatable bonds is 2. The van der Waals surface area contributed by atoms with Gasteiger partial charge in [0.1, 0.15) is 11.5 Å². The molecule has 3 heteroatoms. The first-order valence-corrected chi connectivity index (χ1v) is 6.60. The lowest BCUT2D eigenvalue weighted by molar-refractivity contribution is 0.476. The van der Waals surface area contributed by atoms with Gasteiger partial charge >= 0.3 is 0 Å². The second-order valence-electron chi connectivity index (χ2n) is 2.96. The highest BCUT2D eigenvalue weighted by molar-refractivity contribution is 14.1. The molecule has 0 aromatic heterocycles. The summed E-state index contributed by atoms with van der Waals surface area (Å²) in [5.74, 6) is 1.81. The Kier molecular flexibility index (Phi) is 3.85. The van der Waals surface area contributed by atoms with E-state index in [2.05, 4.69) is 45.2 Å². The largest absolute Gasteiger partial charge is 0.455 e. The fourth-order valence-corrected chi connectivity index (χ4v) is 2.17. The van der Waals surface area contributed by atoms with Gasteiger partial charge < -0.3 is 4.74 Å². The van der Waals surface area contributed by atoms with Crippen LogP contribution < -0.4 is 4.74 Å². The summed E-state index contributed by atoms with van der Waals surface area (Å²) >= 11 is 4.54. The van der Waals surface area contributed by atoms with Crippen molar-refractivity contribution >= 4 is 45.2 Å². The smallest absolute Gasteiger partial charge is 0.140 e. The monoisotopic (exact) mass is 422 g/mol. The molecule has 0 aliphatic heterocycles. The van der Waals surface area contributed by atoms with E-state index in [-0.39, 0.29) is 0 Å². The molecule has 2 aromatic carbocycles. The Morgan fingerprint density at radius 2 is 1.07 bits per heavy atom. The summed E-state index contributed by atoms with van der Waals surface area (Å²) in [6, 6.07) is 16.0. The molecule has 0 unspecified atom stereocenters. The van der Waals surface area contributed by atoms with Crippen molar-refractivity contribution in [2.45, 2.75) is 0 Å².